The molecular formula is C24H18ClFN2O3. The van der Waals surface area contributed by atoms with Gasteiger partial charge in [-0.2, -0.15) is 0 Å². The van der Waals surface area contributed by atoms with Gasteiger partial charge in [-0.15, -0.1) is 0 Å². The van der Waals surface area contributed by atoms with E-state index >= 15 is 0 Å². The van der Waals surface area contributed by atoms with Gasteiger partial charge in [0.05, 0.1) is 24.1 Å². The number of halogens is 2. The van der Waals surface area contributed by atoms with Crippen LogP contribution in [0, 0.1) is 12.7 Å². The predicted octanol–water partition coefficient (Wildman–Crippen LogP) is 5.19. The van der Waals surface area contributed by atoms with E-state index in [4.69, 9.17) is 16.3 Å². The molecule has 3 aromatic carbocycles. The van der Waals surface area contributed by atoms with E-state index < -0.39 is 17.6 Å². The molecule has 0 bridgehead atoms. The molecule has 5 nitrogen and oxygen atoms in total. The number of anilines is 2. The zero-order valence-electron chi connectivity index (χ0n) is 16.8. The number of amides is 2. The lowest BCUT2D eigenvalue weighted by Gasteiger charge is -2.18. The van der Waals surface area contributed by atoms with Crippen molar-refractivity contribution in [3.63, 3.8) is 0 Å². The van der Waals surface area contributed by atoms with Crippen molar-refractivity contribution in [2.75, 3.05) is 17.3 Å². The van der Waals surface area contributed by atoms with Crippen LogP contribution in [0.5, 0.6) is 5.75 Å². The first kappa shape index (κ1) is 20.6. The number of hydrogen-bond acceptors (Lipinski definition) is 4. The van der Waals surface area contributed by atoms with Gasteiger partial charge in [-0.05, 0) is 54.4 Å². The topological polar surface area (TPSA) is 58.6 Å². The first-order chi connectivity index (χ1) is 14.9. The minimum absolute atomic E-state index is 0.0560. The number of methoxy groups -OCH3 is 1. The minimum atomic E-state index is -0.527. The van der Waals surface area contributed by atoms with Crippen molar-refractivity contribution in [1.82, 2.24) is 0 Å². The molecule has 0 unspecified atom stereocenters. The molecular weight excluding hydrogens is 419 g/mol. The molecule has 0 saturated heterocycles. The Kier molecular flexibility index (Phi) is 5.48. The number of aryl methyl sites for hydroxylation is 1. The monoisotopic (exact) mass is 436 g/mol. The molecule has 0 fully saturated rings. The van der Waals surface area contributed by atoms with E-state index in [-0.39, 0.29) is 11.3 Å². The smallest absolute Gasteiger partial charge is 0.282 e. The van der Waals surface area contributed by atoms with Crippen molar-refractivity contribution in [2.24, 2.45) is 0 Å². The Labute approximate surface area is 183 Å². The summed E-state index contributed by atoms with van der Waals surface area (Å²) in [4.78, 5) is 28.0. The van der Waals surface area contributed by atoms with Crippen molar-refractivity contribution in [2.45, 2.75) is 6.92 Å². The number of nitrogens with one attached hydrogen (secondary N) is 1. The van der Waals surface area contributed by atoms with Crippen molar-refractivity contribution < 1.29 is 18.7 Å². The lowest BCUT2D eigenvalue weighted by molar-refractivity contribution is -0.120. The third kappa shape index (κ3) is 3.78. The van der Waals surface area contributed by atoms with Crippen LogP contribution >= 0.6 is 11.6 Å². The van der Waals surface area contributed by atoms with Crippen LogP contribution in [0.1, 0.15) is 11.1 Å². The Morgan fingerprint density at radius 1 is 0.968 bits per heavy atom. The molecule has 2 amide bonds. The van der Waals surface area contributed by atoms with Gasteiger partial charge in [-0.25, -0.2) is 9.29 Å². The number of ether oxygens (including phenoxy) is 1. The van der Waals surface area contributed by atoms with Crippen LogP contribution in [0.4, 0.5) is 15.8 Å². The van der Waals surface area contributed by atoms with Crippen LogP contribution in [0.2, 0.25) is 5.02 Å². The highest BCUT2D eigenvalue weighted by atomic mass is 35.5. The van der Waals surface area contributed by atoms with E-state index in [0.717, 1.165) is 10.5 Å². The highest BCUT2D eigenvalue weighted by Crippen LogP contribution is 2.37. The van der Waals surface area contributed by atoms with Crippen LogP contribution < -0.4 is 15.0 Å². The summed E-state index contributed by atoms with van der Waals surface area (Å²) in [5.41, 5.74) is 2.28. The number of benzene rings is 3. The molecule has 0 aliphatic carbocycles. The second-order valence-electron chi connectivity index (χ2n) is 6.96. The molecule has 1 N–H and O–H groups in total. The lowest BCUT2D eigenvalue weighted by Crippen LogP contribution is -2.33. The van der Waals surface area contributed by atoms with Gasteiger partial charge in [0.25, 0.3) is 11.8 Å². The fourth-order valence-electron chi connectivity index (χ4n) is 3.48. The summed E-state index contributed by atoms with van der Waals surface area (Å²) >= 11 is 6.12. The summed E-state index contributed by atoms with van der Waals surface area (Å²) in [7, 11) is 1.49. The van der Waals surface area contributed by atoms with Gasteiger partial charge in [0.15, 0.2) is 0 Å². The molecule has 1 aliphatic rings. The summed E-state index contributed by atoms with van der Waals surface area (Å²) < 4.78 is 18.9. The second-order valence-corrected chi connectivity index (χ2v) is 7.40. The number of carbonyl (C=O) groups excluding carboxylic acids is 2. The molecule has 3 aromatic rings. The van der Waals surface area contributed by atoms with E-state index in [1.807, 2.05) is 19.1 Å². The van der Waals surface area contributed by atoms with E-state index in [9.17, 15) is 14.0 Å². The summed E-state index contributed by atoms with van der Waals surface area (Å²) in [6.45, 7) is 1.82. The maximum atomic E-state index is 13.5. The molecule has 0 atom stereocenters. The van der Waals surface area contributed by atoms with E-state index in [0.29, 0.717) is 27.7 Å². The molecule has 0 aromatic heterocycles. The highest BCUT2D eigenvalue weighted by molar-refractivity contribution is 6.46. The third-order valence-electron chi connectivity index (χ3n) is 4.99. The van der Waals surface area contributed by atoms with Crippen LogP contribution in [0.3, 0.4) is 0 Å². The van der Waals surface area contributed by atoms with Crippen molar-refractivity contribution in [3.05, 3.63) is 94.4 Å². The zero-order chi connectivity index (χ0) is 22.1. The molecule has 0 saturated carbocycles. The Morgan fingerprint density at radius 3 is 2.35 bits per heavy atom. The lowest BCUT2D eigenvalue weighted by atomic mass is 10.0. The Bertz CT molecular complexity index is 1220. The van der Waals surface area contributed by atoms with Gasteiger partial charge in [-0.3, -0.25) is 9.59 Å². The van der Waals surface area contributed by atoms with Crippen molar-refractivity contribution in [1.29, 1.82) is 0 Å². The molecule has 1 aliphatic heterocycles. The normalized spacial score (nSPS) is 13.7. The van der Waals surface area contributed by atoms with Gasteiger partial charge < -0.3 is 10.1 Å². The van der Waals surface area contributed by atoms with E-state index in [2.05, 4.69) is 5.32 Å². The zero-order valence-corrected chi connectivity index (χ0v) is 17.5. The van der Waals surface area contributed by atoms with Crippen LogP contribution in [0.25, 0.3) is 5.57 Å². The summed E-state index contributed by atoms with van der Waals surface area (Å²) in [5, 5.41) is 3.46. The average Bonchev–Trinajstić information content (AvgIpc) is 2.99. The number of hydrogen-bond donors (Lipinski definition) is 1. The average molecular weight is 437 g/mol. The Morgan fingerprint density at radius 2 is 1.68 bits per heavy atom. The van der Waals surface area contributed by atoms with Gasteiger partial charge in [0.1, 0.15) is 17.3 Å². The van der Waals surface area contributed by atoms with Gasteiger partial charge in [-0.1, -0.05) is 41.9 Å². The number of para-hydroxylation sites is 1. The number of nitrogens with zero attached hydrogens (tertiary/aromatic N) is 1. The highest BCUT2D eigenvalue weighted by Gasteiger charge is 2.41. The van der Waals surface area contributed by atoms with E-state index in [1.54, 1.807) is 30.3 Å². The fourth-order valence-corrected chi connectivity index (χ4v) is 3.65. The third-order valence-corrected chi connectivity index (χ3v) is 5.23. The molecule has 156 valence electrons. The standard InChI is InChI=1S/C24H18ClFN2O3/c1-14-5-3-4-6-19(14)28-23(29)21(15-7-10-17(26)11-8-15)22(24(28)30)27-18-13-16(25)9-12-20(18)31-2/h3-13,27H,1-2H3. The first-order valence-corrected chi connectivity index (χ1v) is 9.83. The number of carbonyl (C=O) groups is 2. The Balaban J connectivity index is 1.87. The van der Waals surface area contributed by atoms with Gasteiger partial charge in [0, 0.05) is 5.02 Å². The van der Waals surface area contributed by atoms with Crippen molar-refractivity contribution >= 4 is 40.4 Å². The predicted molar refractivity (Wildman–Crippen MR) is 119 cm³/mol. The summed E-state index contributed by atoms with van der Waals surface area (Å²) in [6.07, 6.45) is 0. The van der Waals surface area contributed by atoms with Gasteiger partial charge in [0.2, 0.25) is 0 Å². The number of imide groups is 1. The molecule has 31 heavy (non-hydrogen) atoms. The summed E-state index contributed by atoms with van der Waals surface area (Å²) in [5.74, 6) is -1.03. The van der Waals surface area contributed by atoms with Crippen LogP contribution in [-0.2, 0) is 9.59 Å². The quantitative estimate of drug-likeness (QED) is 0.559. The maximum absolute atomic E-state index is 13.5. The fraction of sp³-hybridized carbons (Fsp3) is 0.0833. The summed E-state index contributed by atoms with van der Waals surface area (Å²) in [6, 6.07) is 17.4. The largest absolute Gasteiger partial charge is 0.495 e. The molecule has 4 rings (SSSR count). The van der Waals surface area contributed by atoms with Gasteiger partial charge >= 0.3 is 0 Å². The van der Waals surface area contributed by atoms with Crippen LogP contribution in [0.15, 0.2) is 72.4 Å². The van der Waals surface area contributed by atoms with Crippen LogP contribution in [-0.4, -0.2) is 18.9 Å². The minimum Gasteiger partial charge on any atom is -0.495 e. The molecule has 1 heterocycles. The molecule has 7 heteroatoms. The number of rotatable bonds is 5. The molecule has 0 radical (unpaired) electrons. The van der Waals surface area contributed by atoms with Crippen molar-refractivity contribution in [3.8, 4) is 5.75 Å². The molecule has 0 spiro atoms. The maximum Gasteiger partial charge on any atom is 0.282 e. The Hall–Kier alpha value is -3.64. The SMILES string of the molecule is COc1ccc(Cl)cc1NC1=C(c2ccc(F)cc2)C(=O)N(c2ccccc2C)C1=O. The van der Waals surface area contributed by atoms with E-state index in [1.165, 1.54) is 31.4 Å². The first-order valence-electron chi connectivity index (χ1n) is 9.46. The second kappa shape index (κ2) is 8.24.